The summed E-state index contributed by atoms with van der Waals surface area (Å²) in [7, 11) is 0. The Bertz CT molecular complexity index is 1210. The second-order valence-electron chi connectivity index (χ2n) is 8.53. The van der Waals surface area contributed by atoms with E-state index in [1.807, 2.05) is 0 Å². The molecule has 4 nitrogen and oxygen atoms in total. The highest BCUT2D eigenvalue weighted by molar-refractivity contribution is 7.17. The van der Waals surface area contributed by atoms with Gasteiger partial charge in [-0.3, -0.25) is 4.79 Å². The van der Waals surface area contributed by atoms with Crippen molar-refractivity contribution in [2.24, 2.45) is 0 Å². The molecule has 0 fully saturated rings. The summed E-state index contributed by atoms with van der Waals surface area (Å²) in [5.41, 5.74) is -5.06. The Labute approximate surface area is 189 Å². The number of para-hydroxylation sites is 1. The lowest BCUT2D eigenvalue weighted by molar-refractivity contribution is -0.277. The summed E-state index contributed by atoms with van der Waals surface area (Å²) in [5.74, 6) is -0.594. The van der Waals surface area contributed by atoms with Gasteiger partial charge in [-0.25, -0.2) is 0 Å². The van der Waals surface area contributed by atoms with Crippen LogP contribution in [0.1, 0.15) is 31.4 Å². The third-order valence-electron chi connectivity index (χ3n) is 5.44. The van der Waals surface area contributed by atoms with E-state index in [0.29, 0.717) is 0 Å². The number of alkyl halides is 6. The van der Waals surface area contributed by atoms with E-state index >= 15 is 0 Å². The predicted octanol–water partition coefficient (Wildman–Crippen LogP) is 5.93. The van der Waals surface area contributed by atoms with Gasteiger partial charge in [-0.1, -0.05) is 32.0 Å². The number of aryl methyl sites for hydroxylation is 1. The van der Waals surface area contributed by atoms with Crippen molar-refractivity contribution in [1.29, 1.82) is 0 Å². The summed E-state index contributed by atoms with van der Waals surface area (Å²) in [4.78, 5) is 12.0. The van der Waals surface area contributed by atoms with Crippen LogP contribution in [0.4, 0.5) is 26.3 Å². The molecule has 2 aromatic heterocycles. The van der Waals surface area contributed by atoms with Crippen LogP contribution in [0.2, 0.25) is 0 Å². The zero-order chi connectivity index (χ0) is 24.8. The molecule has 0 spiro atoms. The number of ether oxygens (including phenoxy) is 1. The van der Waals surface area contributed by atoms with Gasteiger partial charge in [-0.15, -0.1) is 24.5 Å². The lowest BCUT2D eigenvalue weighted by Gasteiger charge is -2.39. The molecule has 0 radical (unpaired) electrons. The number of halogens is 6. The number of aromatic nitrogens is 1. The molecule has 0 aliphatic carbocycles. The van der Waals surface area contributed by atoms with E-state index in [4.69, 9.17) is 0 Å². The van der Waals surface area contributed by atoms with Gasteiger partial charge >= 0.3 is 12.5 Å². The molecule has 1 aromatic carbocycles. The van der Waals surface area contributed by atoms with Crippen LogP contribution in [0.15, 0.2) is 46.7 Å². The Hall–Kier alpha value is -2.53. The van der Waals surface area contributed by atoms with E-state index in [2.05, 4.69) is 4.74 Å². The Morgan fingerprint density at radius 3 is 2.33 bits per heavy atom. The van der Waals surface area contributed by atoms with E-state index in [0.717, 1.165) is 28.2 Å². The lowest BCUT2D eigenvalue weighted by Crippen LogP contribution is -2.52. The van der Waals surface area contributed by atoms with Gasteiger partial charge in [0.05, 0.1) is 16.8 Å². The van der Waals surface area contributed by atoms with Gasteiger partial charge in [-0.05, 0) is 35.8 Å². The van der Waals surface area contributed by atoms with Crippen LogP contribution in [-0.4, -0.2) is 27.8 Å². The minimum absolute atomic E-state index is 0.0915. The zero-order valence-corrected chi connectivity index (χ0v) is 18.7. The molecule has 0 aliphatic heterocycles. The molecule has 2 heterocycles. The molecule has 0 aliphatic rings. The first-order chi connectivity index (χ1) is 15.0. The third kappa shape index (κ3) is 5.19. The fourth-order valence-electron chi connectivity index (χ4n) is 3.96. The minimum Gasteiger partial charge on any atom is -0.405 e. The number of aliphatic hydroxyl groups is 1. The first-order valence-corrected chi connectivity index (χ1v) is 10.6. The van der Waals surface area contributed by atoms with Crippen molar-refractivity contribution >= 4 is 21.6 Å². The molecular formula is C22H21F6NO3S. The Kier molecular flexibility index (Phi) is 6.35. The number of rotatable bonds is 6. The Morgan fingerprint density at radius 1 is 1.06 bits per heavy atom. The summed E-state index contributed by atoms with van der Waals surface area (Å²) in [6.45, 7) is 3.03. The average molecular weight is 493 g/mol. The van der Waals surface area contributed by atoms with E-state index in [1.54, 1.807) is 5.38 Å². The second kappa shape index (κ2) is 8.35. The second-order valence-corrected chi connectivity index (χ2v) is 9.45. The molecule has 3 aromatic rings. The van der Waals surface area contributed by atoms with Crippen LogP contribution in [-0.2, 0) is 12.0 Å². The van der Waals surface area contributed by atoms with Gasteiger partial charge in [-0.2, -0.15) is 13.2 Å². The number of nitrogens with zero attached hydrogens (tertiary/aromatic N) is 1. The maximum absolute atomic E-state index is 14.2. The van der Waals surface area contributed by atoms with Crippen LogP contribution in [0.25, 0.3) is 10.2 Å². The van der Waals surface area contributed by atoms with E-state index in [-0.39, 0.29) is 26.8 Å². The molecule has 0 saturated carbocycles. The van der Waals surface area contributed by atoms with E-state index in [9.17, 15) is 36.2 Å². The van der Waals surface area contributed by atoms with Crippen molar-refractivity contribution < 1.29 is 36.2 Å². The number of thiophene rings is 1. The van der Waals surface area contributed by atoms with E-state index in [1.165, 1.54) is 45.0 Å². The number of pyridine rings is 1. The van der Waals surface area contributed by atoms with Crippen molar-refractivity contribution in [3.05, 3.63) is 63.3 Å². The molecule has 0 saturated heterocycles. The summed E-state index contributed by atoms with van der Waals surface area (Å²) in [5, 5.41) is 12.4. The fraction of sp³-hybridized carbons (Fsp3) is 0.409. The molecule has 3 rings (SSSR count). The Morgan fingerprint density at radius 2 is 1.73 bits per heavy atom. The highest BCUT2D eigenvalue weighted by Gasteiger charge is 2.56. The quantitative estimate of drug-likeness (QED) is 0.433. The smallest absolute Gasteiger partial charge is 0.405 e. The van der Waals surface area contributed by atoms with Crippen LogP contribution in [0.3, 0.4) is 0 Å². The molecule has 33 heavy (non-hydrogen) atoms. The molecule has 0 bridgehead atoms. The topological polar surface area (TPSA) is 51.5 Å². The van der Waals surface area contributed by atoms with Crippen molar-refractivity contribution in [1.82, 2.24) is 4.57 Å². The Balaban J connectivity index is 2.06. The van der Waals surface area contributed by atoms with Crippen LogP contribution >= 0.6 is 11.3 Å². The van der Waals surface area contributed by atoms with Crippen LogP contribution < -0.4 is 10.2 Å². The molecule has 1 unspecified atom stereocenters. The van der Waals surface area contributed by atoms with Crippen molar-refractivity contribution in [3.8, 4) is 5.75 Å². The zero-order valence-electron chi connectivity index (χ0n) is 17.8. The number of fused-ring (bicyclic) bond motifs is 1. The molecule has 1 N–H and O–H groups in total. The molecule has 1 atom stereocenters. The minimum atomic E-state index is -5.12. The summed E-state index contributed by atoms with van der Waals surface area (Å²) in [6.07, 6.45) is -9.97. The summed E-state index contributed by atoms with van der Waals surface area (Å²) < 4.78 is 86.9. The predicted molar refractivity (Wildman–Crippen MR) is 113 cm³/mol. The summed E-state index contributed by atoms with van der Waals surface area (Å²) >= 11 is 1.06. The van der Waals surface area contributed by atoms with Gasteiger partial charge in [0.1, 0.15) is 5.75 Å². The highest BCUT2D eigenvalue weighted by Crippen LogP contribution is 2.46. The van der Waals surface area contributed by atoms with Gasteiger partial charge < -0.3 is 14.4 Å². The number of hydrogen-bond donors (Lipinski definition) is 1. The van der Waals surface area contributed by atoms with Gasteiger partial charge in [0, 0.05) is 17.8 Å². The van der Waals surface area contributed by atoms with Crippen LogP contribution in [0, 0.1) is 6.92 Å². The van der Waals surface area contributed by atoms with Gasteiger partial charge in [0.25, 0.3) is 0 Å². The first kappa shape index (κ1) is 25.1. The monoisotopic (exact) mass is 493 g/mol. The largest absolute Gasteiger partial charge is 0.573 e. The maximum Gasteiger partial charge on any atom is 0.573 e. The van der Waals surface area contributed by atoms with Crippen LogP contribution in [0.5, 0.6) is 5.75 Å². The normalized spacial score (nSPS) is 15.0. The standard InChI is InChI=1S/C22H21F6NO3S/c1-13-5-4-6-14(17(13)32-22(26,27)28)19(2,3)11-20(31,21(23,24)25)12-29-9-7-16(30)18-15(29)8-10-33-18/h4-10,31H,11-12H2,1-3H3. The molecular weight excluding hydrogens is 472 g/mol. The average Bonchev–Trinajstić information content (AvgIpc) is 3.14. The third-order valence-corrected chi connectivity index (χ3v) is 6.35. The molecule has 180 valence electrons. The SMILES string of the molecule is Cc1cccc(C(C)(C)CC(O)(Cn2ccc(=O)c3sccc32)C(F)(F)F)c1OC(F)(F)F. The van der Waals surface area contributed by atoms with Crippen molar-refractivity contribution in [2.45, 2.75) is 57.3 Å². The highest BCUT2D eigenvalue weighted by atomic mass is 32.1. The molecule has 11 heteroatoms. The molecule has 0 amide bonds. The maximum atomic E-state index is 14.2. The number of hydrogen-bond acceptors (Lipinski definition) is 4. The first-order valence-electron chi connectivity index (χ1n) is 9.76. The van der Waals surface area contributed by atoms with Crippen molar-refractivity contribution in [3.63, 3.8) is 0 Å². The summed E-state index contributed by atoms with van der Waals surface area (Å²) in [6, 6.07) is 6.60. The lowest BCUT2D eigenvalue weighted by atomic mass is 9.74. The van der Waals surface area contributed by atoms with Gasteiger partial charge in [0.15, 0.2) is 11.0 Å². The van der Waals surface area contributed by atoms with Crippen molar-refractivity contribution in [2.75, 3.05) is 0 Å². The van der Waals surface area contributed by atoms with E-state index < -0.39 is 42.3 Å². The fourth-order valence-corrected chi connectivity index (χ4v) is 4.78. The number of benzene rings is 1. The van der Waals surface area contributed by atoms with Gasteiger partial charge in [0.2, 0.25) is 0 Å².